The molecule has 1 saturated carbocycles. The minimum absolute atomic E-state index is 0.225. The van der Waals surface area contributed by atoms with E-state index in [9.17, 15) is 9.90 Å². The maximum atomic E-state index is 11.3. The van der Waals surface area contributed by atoms with Crippen LogP contribution < -0.4 is 21.2 Å². The number of carbonyl (C=O) groups excluding carboxylic acids is 1. The van der Waals surface area contributed by atoms with Crippen molar-refractivity contribution in [2.75, 3.05) is 0 Å². The summed E-state index contributed by atoms with van der Waals surface area (Å²) < 4.78 is 7.05. The van der Waals surface area contributed by atoms with E-state index in [0.29, 0.717) is 13.6 Å². The fourth-order valence-corrected chi connectivity index (χ4v) is 15.2. The second-order valence-corrected chi connectivity index (χ2v) is 24.8. The molecule has 7 heteroatoms. The van der Waals surface area contributed by atoms with Crippen LogP contribution in [-0.2, 0) is 8.91 Å². The molecule has 3 nitrogen and oxygen atoms in total. The molecular formula is C17H38IO3Si3-. The molecule has 1 rings (SSSR count). The zero-order chi connectivity index (χ0) is 18.4. The summed E-state index contributed by atoms with van der Waals surface area (Å²) >= 11 is -0.465. The molecule has 1 fully saturated rings. The second-order valence-electron chi connectivity index (χ2n) is 9.15. The van der Waals surface area contributed by atoms with Gasteiger partial charge in [0.15, 0.2) is 0 Å². The van der Waals surface area contributed by atoms with E-state index in [1.54, 1.807) is 6.92 Å². The molecule has 0 aromatic rings. The number of hydrogen-bond acceptors (Lipinski definition) is 3. The topological polar surface area (TPSA) is 46.5 Å². The molecule has 0 aromatic carbocycles. The fourth-order valence-electron chi connectivity index (χ4n) is 3.36. The monoisotopic (exact) mass is 501 g/mol. The van der Waals surface area contributed by atoms with Crippen molar-refractivity contribution in [3.63, 3.8) is 0 Å². The van der Waals surface area contributed by atoms with Gasteiger partial charge in [-0.15, -0.1) is 0 Å². The Balaban J connectivity index is 2.26. The van der Waals surface area contributed by atoms with Crippen LogP contribution in [0.3, 0.4) is 0 Å². The van der Waals surface area contributed by atoms with Crippen molar-refractivity contribution in [2.24, 2.45) is 5.92 Å². The van der Waals surface area contributed by atoms with Gasteiger partial charge in [0.1, 0.15) is 0 Å². The van der Waals surface area contributed by atoms with Crippen molar-refractivity contribution in [2.45, 2.75) is 93.5 Å². The van der Waals surface area contributed by atoms with E-state index in [0.717, 1.165) is 12.8 Å². The van der Waals surface area contributed by atoms with E-state index in [1.165, 1.54) is 31.0 Å². The molecule has 3 unspecified atom stereocenters. The summed E-state index contributed by atoms with van der Waals surface area (Å²) in [7, 11) is -2.74. The van der Waals surface area contributed by atoms with Crippen LogP contribution in [0.4, 0.5) is 0 Å². The van der Waals surface area contributed by atoms with Gasteiger partial charge in [-0.25, -0.2) is 0 Å². The molecule has 0 radical (unpaired) electrons. The van der Waals surface area contributed by atoms with Crippen LogP contribution in [0, 0.1) is 5.92 Å². The second kappa shape index (κ2) is 10.3. The molecule has 0 aliphatic heterocycles. The summed E-state index contributed by atoms with van der Waals surface area (Å²) in [4.78, 5) is 11.3. The third-order valence-electron chi connectivity index (χ3n) is 4.86. The Morgan fingerprint density at radius 3 is 2.42 bits per heavy atom. The Morgan fingerprint density at radius 2 is 1.88 bits per heavy atom. The molecule has 0 amide bonds. The quantitative estimate of drug-likeness (QED) is 0.157. The van der Waals surface area contributed by atoms with Crippen molar-refractivity contribution in [3.05, 3.63) is 0 Å². The van der Waals surface area contributed by atoms with Gasteiger partial charge in [0.2, 0.25) is 0 Å². The van der Waals surface area contributed by atoms with Crippen LogP contribution in [0.15, 0.2) is 0 Å². The number of rotatable bonds is 10. The van der Waals surface area contributed by atoms with Crippen LogP contribution in [0.2, 0.25) is 50.9 Å². The van der Waals surface area contributed by atoms with Crippen molar-refractivity contribution >= 4 is 29.9 Å². The zero-order valence-electron chi connectivity index (χ0n) is 16.5. The molecule has 0 heterocycles. The van der Waals surface area contributed by atoms with Gasteiger partial charge in [-0.3, -0.25) is 0 Å². The number of aliphatic hydroxyl groups excluding tert-OH is 1. The molecule has 0 saturated heterocycles. The summed E-state index contributed by atoms with van der Waals surface area (Å²) in [5, 5.41) is 10.3. The van der Waals surface area contributed by atoms with Gasteiger partial charge < -0.3 is 0 Å². The van der Waals surface area contributed by atoms with Gasteiger partial charge in [0.25, 0.3) is 0 Å². The Kier molecular flexibility index (Phi) is 9.92. The van der Waals surface area contributed by atoms with Gasteiger partial charge in [-0.2, -0.15) is 0 Å². The number of carbonyl (C=O) groups is 1. The minimum atomic E-state index is -1.50. The molecule has 1 aliphatic carbocycles. The summed E-state index contributed by atoms with van der Waals surface area (Å²) in [6, 6.07) is 4.00. The molecule has 3 atom stereocenters. The van der Waals surface area contributed by atoms with Gasteiger partial charge in [-0.1, -0.05) is 19.6 Å². The summed E-state index contributed by atoms with van der Waals surface area (Å²) in [5.74, 6) is 0.645. The van der Waals surface area contributed by atoms with Crippen LogP contribution in [0.25, 0.3) is 0 Å². The van der Waals surface area contributed by atoms with E-state index in [-0.39, 0.29) is 15.9 Å². The Labute approximate surface area is 164 Å². The van der Waals surface area contributed by atoms with Crippen LogP contribution >= 0.6 is 0 Å². The fraction of sp³-hybridized carbons (Fsp3) is 0.941. The Hall–Kier alpha value is 0.971. The average Bonchev–Trinajstić information content (AvgIpc) is 2.43. The van der Waals surface area contributed by atoms with Gasteiger partial charge in [0, 0.05) is 0 Å². The summed E-state index contributed by atoms with van der Waals surface area (Å²) in [6.45, 7) is 13.8. The predicted molar refractivity (Wildman–Crippen MR) is 107 cm³/mol. The molecule has 144 valence electrons. The first-order valence-corrected chi connectivity index (χ1v) is 20.2. The first-order chi connectivity index (χ1) is 11.0. The van der Waals surface area contributed by atoms with Gasteiger partial charge >= 0.3 is 145 Å². The van der Waals surface area contributed by atoms with Crippen LogP contribution in [0.1, 0.15) is 32.6 Å². The van der Waals surface area contributed by atoms with Crippen molar-refractivity contribution in [1.29, 1.82) is 0 Å². The first-order valence-electron chi connectivity index (χ1n) is 9.44. The van der Waals surface area contributed by atoms with E-state index in [4.69, 9.17) is 4.12 Å². The Morgan fingerprint density at radius 1 is 1.21 bits per heavy atom. The first kappa shape index (κ1) is 23.0. The van der Waals surface area contributed by atoms with Crippen LogP contribution in [0.5, 0.6) is 0 Å². The predicted octanol–water partition coefficient (Wildman–Crippen LogP) is 0.604. The van der Waals surface area contributed by atoms with Crippen molar-refractivity contribution < 1.29 is 35.2 Å². The van der Waals surface area contributed by atoms with Crippen molar-refractivity contribution in [1.82, 2.24) is 0 Å². The number of hydrogen-bond donors (Lipinski definition) is 1. The average molecular weight is 502 g/mol. The molecule has 24 heavy (non-hydrogen) atoms. The summed E-state index contributed by atoms with van der Waals surface area (Å²) in [6.07, 6.45) is 4.16. The molecule has 0 spiro atoms. The maximum absolute atomic E-state index is 11.3. The molecule has 0 aromatic heterocycles. The van der Waals surface area contributed by atoms with Crippen LogP contribution in [-0.4, -0.2) is 45.1 Å². The molecule has 0 bridgehead atoms. The number of halogens is 1. The van der Waals surface area contributed by atoms with Gasteiger partial charge in [-0.05, 0) is 0 Å². The zero-order valence-corrected chi connectivity index (χ0v) is 22.1. The SMILES string of the molecule is CC(=O)[I-]C1CCC(CC[Si](C)(C)O[SiH2]CC[Si](C)(C)C)CC1O. The van der Waals surface area contributed by atoms with E-state index in [1.807, 2.05) is 0 Å². The number of aliphatic hydroxyl groups is 1. The normalized spacial score (nSPS) is 26.4. The molecular weight excluding hydrogens is 463 g/mol. The summed E-state index contributed by atoms with van der Waals surface area (Å²) in [5.41, 5.74) is 0. The van der Waals surface area contributed by atoms with E-state index < -0.39 is 37.6 Å². The standard InChI is InChI=1S/C17H38IO3Si3/c1-14(19)18-16-8-7-15(13-17(16)20)9-11-24(5,6)21-22-10-12-23(2,3)4/h15-17,20H,7-13,22H2,1-6H3/q-1. The van der Waals surface area contributed by atoms with Gasteiger partial charge in [0.05, 0.1) is 0 Å². The molecule has 1 aliphatic rings. The number of alkyl halides is 1. The van der Waals surface area contributed by atoms with E-state index >= 15 is 0 Å². The van der Waals surface area contributed by atoms with E-state index in [2.05, 4.69) is 32.7 Å². The third kappa shape index (κ3) is 10.2. The Bertz CT molecular complexity index is 399. The third-order valence-corrected chi connectivity index (χ3v) is 16.6. The van der Waals surface area contributed by atoms with Crippen molar-refractivity contribution in [3.8, 4) is 0 Å². The molecule has 1 N–H and O–H groups in total.